The fraction of sp³-hybridized carbons (Fsp3) is 0.522. The molecule has 0 saturated carbocycles. The molecule has 0 unspecified atom stereocenters. The van der Waals surface area contributed by atoms with Crippen molar-refractivity contribution in [3.05, 3.63) is 60.8 Å². The highest BCUT2D eigenvalue weighted by atomic mass is 16.1. The van der Waals surface area contributed by atoms with Gasteiger partial charge in [-0.15, -0.1) is 0 Å². The molecule has 134 valence electrons. The molecular weight excluding hydrogens is 292 g/mol. The highest BCUT2D eigenvalue weighted by Gasteiger charge is 1.87. The minimum atomic E-state index is 0.261. The first-order chi connectivity index (χ1) is 11.8. The molecule has 0 spiro atoms. The molecule has 0 N–H and O–H groups in total. The SMILES string of the molecule is CCCCCC=CCC=CCC=CCC=CCC=CCCC(C)=O. The zero-order valence-electron chi connectivity index (χ0n) is 15.8. The van der Waals surface area contributed by atoms with E-state index in [-0.39, 0.29) is 5.78 Å². The lowest BCUT2D eigenvalue weighted by Crippen LogP contribution is -1.85. The van der Waals surface area contributed by atoms with Crippen LogP contribution in [0.5, 0.6) is 0 Å². The third kappa shape index (κ3) is 20.4. The van der Waals surface area contributed by atoms with Gasteiger partial charge < -0.3 is 4.79 Å². The van der Waals surface area contributed by atoms with Gasteiger partial charge in [0, 0.05) is 6.42 Å². The standard InChI is InChI=1S/C23H36O/c1-3-4-5-6-7-8-9-10-11-12-13-14-15-16-17-18-19-20-21-22-23(2)24/h7-8,10-11,13-14,16-17,19-20H,3-6,9,12,15,18,21-22H2,1-2H3. The molecule has 0 saturated heterocycles. The van der Waals surface area contributed by atoms with Gasteiger partial charge in [0.2, 0.25) is 0 Å². The monoisotopic (exact) mass is 328 g/mol. The third-order valence-electron chi connectivity index (χ3n) is 3.56. The Balaban J connectivity index is 3.46. The van der Waals surface area contributed by atoms with Crippen molar-refractivity contribution in [2.75, 3.05) is 0 Å². The number of hydrogen-bond acceptors (Lipinski definition) is 1. The van der Waals surface area contributed by atoms with E-state index in [0.717, 1.165) is 32.1 Å². The second-order valence-corrected chi connectivity index (χ2v) is 6.04. The molecule has 0 aliphatic rings. The first-order valence-electron chi connectivity index (χ1n) is 9.51. The van der Waals surface area contributed by atoms with Crippen LogP contribution in [0.25, 0.3) is 0 Å². The zero-order chi connectivity index (χ0) is 17.7. The van der Waals surface area contributed by atoms with E-state index in [1.54, 1.807) is 6.92 Å². The minimum Gasteiger partial charge on any atom is -0.300 e. The summed E-state index contributed by atoms with van der Waals surface area (Å²) in [5, 5.41) is 0. The summed E-state index contributed by atoms with van der Waals surface area (Å²) in [7, 11) is 0. The van der Waals surface area contributed by atoms with Gasteiger partial charge >= 0.3 is 0 Å². The van der Waals surface area contributed by atoms with Crippen molar-refractivity contribution in [3.63, 3.8) is 0 Å². The van der Waals surface area contributed by atoms with Crippen molar-refractivity contribution < 1.29 is 4.79 Å². The Morgan fingerprint density at radius 2 is 1.04 bits per heavy atom. The van der Waals surface area contributed by atoms with Gasteiger partial charge in [-0.25, -0.2) is 0 Å². The molecule has 0 aromatic heterocycles. The number of ketones is 1. The average molecular weight is 329 g/mol. The van der Waals surface area contributed by atoms with Crippen LogP contribution in [0.2, 0.25) is 0 Å². The summed E-state index contributed by atoms with van der Waals surface area (Å²) in [6.45, 7) is 3.88. The molecule has 0 aliphatic heterocycles. The summed E-state index contributed by atoms with van der Waals surface area (Å²) in [6.07, 6.45) is 32.8. The van der Waals surface area contributed by atoms with Crippen molar-refractivity contribution in [3.8, 4) is 0 Å². The summed E-state index contributed by atoms with van der Waals surface area (Å²) < 4.78 is 0. The molecular formula is C23H36O. The van der Waals surface area contributed by atoms with E-state index in [9.17, 15) is 4.79 Å². The quantitative estimate of drug-likeness (QED) is 0.228. The van der Waals surface area contributed by atoms with Crippen LogP contribution >= 0.6 is 0 Å². The number of Topliss-reactive ketones (excluding diaryl/α,β-unsaturated/α-hetero) is 1. The molecule has 0 heterocycles. The Morgan fingerprint density at radius 3 is 1.46 bits per heavy atom. The van der Waals surface area contributed by atoms with Gasteiger partial charge in [0.05, 0.1) is 0 Å². The molecule has 0 aliphatic carbocycles. The number of hydrogen-bond donors (Lipinski definition) is 0. The zero-order valence-corrected chi connectivity index (χ0v) is 15.8. The van der Waals surface area contributed by atoms with Crippen LogP contribution in [0.1, 0.15) is 78.1 Å². The lowest BCUT2D eigenvalue weighted by molar-refractivity contribution is -0.116. The predicted molar refractivity (Wildman–Crippen MR) is 108 cm³/mol. The van der Waals surface area contributed by atoms with Crippen LogP contribution in [0.15, 0.2) is 60.8 Å². The number of allylic oxidation sites excluding steroid dienone is 10. The molecule has 0 atom stereocenters. The fourth-order valence-corrected chi connectivity index (χ4v) is 2.12. The first kappa shape index (κ1) is 22.4. The molecule has 0 aromatic carbocycles. The summed E-state index contributed by atoms with van der Waals surface area (Å²) in [5.41, 5.74) is 0. The van der Waals surface area contributed by atoms with Crippen LogP contribution in [0.4, 0.5) is 0 Å². The van der Waals surface area contributed by atoms with Crippen LogP contribution < -0.4 is 0 Å². The van der Waals surface area contributed by atoms with E-state index in [2.05, 4.69) is 67.7 Å². The van der Waals surface area contributed by atoms with Gasteiger partial charge in [-0.3, -0.25) is 0 Å². The van der Waals surface area contributed by atoms with Crippen LogP contribution in [0.3, 0.4) is 0 Å². The lowest BCUT2D eigenvalue weighted by atomic mass is 10.2. The maximum atomic E-state index is 10.8. The smallest absolute Gasteiger partial charge is 0.130 e. The van der Waals surface area contributed by atoms with E-state index < -0.39 is 0 Å². The van der Waals surface area contributed by atoms with Crippen LogP contribution in [-0.2, 0) is 4.79 Å². The minimum absolute atomic E-state index is 0.261. The van der Waals surface area contributed by atoms with Crippen LogP contribution in [-0.4, -0.2) is 5.78 Å². The summed E-state index contributed by atoms with van der Waals surface area (Å²) in [5.74, 6) is 0.261. The second kappa shape index (κ2) is 19.4. The number of rotatable bonds is 15. The van der Waals surface area contributed by atoms with Gasteiger partial charge in [0.1, 0.15) is 5.78 Å². The van der Waals surface area contributed by atoms with E-state index in [1.165, 1.54) is 25.7 Å². The van der Waals surface area contributed by atoms with E-state index >= 15 is 0 Å². The van der Waals surface area contributed by atoms with Gasteiger partial charge in [-0.1, -0.05) is 80.5 Å². The van der Waals surface area contributed by atoms with Crippen LogP contribution in [0, 0.1) is 0 Å². The fourth-order valence-electron chi connectivity index (χ4n) is 2.12. The Morgan fingerprint density at radius 1 is 0.625 bits per heavy atom. The topological polar surface area (TPSA) is 17.1 Å². The van der Waals surface area contributed by atoms with Gasteiger partial charge in [-0.05, 0) is 51.9 Å². The first-order valence-corrected chi connectivity index (χ1v) is 9.51. The Hall–Kier alpha value is -1.63. The Kier molecular flexibility index (Phi) is 18.1. The van der Waals surface area contributed by atoms with E-state index in [4.69, 9.17) is 0 Å². The van der Waals surface area contributed by atoms with Gasteiger partial charge in [-0.2, -0.15) is 0 Å². The number of carbonyl (C=O) groups is 1. The number of unbranched alkanes of at least 4 members (excludes halogenated alkanes) is 3. The third-order valence-corrected chi connectivity index (χ3v) is 3.56. The summed E-state index contributed by atoms with van der Waals surface area (Å²) in [4.78, 5) is 10.8. The van der Waals surface area contributed by atoms with Crippen molar-refractivity contribution >= 4 is 5.78 Å². The van der Waals surface area contributed by atoms with Crippen molar-refractivity contribution in [1.82, 2.24) is 0 Å². The van der Waals surface area contributed by atoms with Gasteiger partial charge in [0.25, 0.3) is 0 Å². The molecule has 0 radical (unpaired) electrons. The highest BCUT2D eigenvalue weighted by Crippen LogP contribution is 2.01. The van der Waals surface area contributed by atoms with Crippen molar-refractivity contribution in [2.24, 2.45) is 0 Å². The maximum Gasteiger partial charge on any atom is 0.130 e. The molecule has 1 nitrogen and oxygen atoms in total. The normalized spacial score (nSPS) is 12.8. The number of carbonyl (C=O) groups excluding carboxylic acids is 1. The second-order valence-electron chi connectivity index (χ2n) is 6.04. The molecule has 0 aromatic rings. The van der Waals surface area contributed by atoms with Crippen molar-refractivity contribution in [1.29, 1.82) is 0 Å². The summed E-state index contributed by atoms with van der Waals surface area (Å²) >= 11 is 0. The summed E-state index contributed by atoms with van der Waals surface area (Å²) in [6, 6.07) is 0. The predicted octanol–water partition coefficient (Wildman–Crippen LogP) is 7.28. The highest BCUT2D eigenvalue weighted by molar-refractivity contribution is 5.75. The molecule has 0 fully saturated rings. The molecule has 24 heavy (non-hydrogen) atoms. The molecule has 1 heteroatoms. The average Bonchev–Trinajstić information content (AvgIpc) is 2.56. The van der Waals surface area contributed by atoms with Gasteiger partial charge in [0.15, 0.2) is 0 Å². The van der Waals surface area contributed by atoms with Crippen molar-refractivity contribution in [2.45, 2.75) is 78.1 Å². The maximum absolute atomic E-state index is 10.8. The largest absolute Gasteiger partial charge is 0.300 e. The molecule has 0 amide bonds. The Labute approximate surface area is 149 Å². The molecule has 0 bridgehead atoms. The van der Waals surface area contributed by atoms with E-state index in [0.29, 0.717) is 6.42 Å². The lowest BCUT2D eigenvalue weighted by Gasteiger charge is -1.90. The van der Waals surface area contributed by atoms with E-state index in [1.807, 2.05) is 0 Å². The molecule has 0 rings (SSSR count). The Bertz CT molecular complexity index is 421.